The lowest BCUT2D eigenvalue weighted by molar-refractivity contribution is -0.0848. The highest BCUT2D eigenvalue weighted by Crippen LogP contribution is 2.42. The molecule has 1 aliphatic heterocycles. The average molecular weight is 616 g/mol. The molecule has 5 rings (SSSR count). The molecule has 236 valence electrons. The summed E-state index contributed by atoms with van der Waals surface area (Å²) >= 11 is 0. The SMILES string of the molecule is CN(c1cccc(C2CCN(C(=O)OC(C)(C)C)CC2(F)F)c1)c1ccc(OCc2ccccc2)nc1OCc1ccccc1. The number of carbonyl (C=O) groups excluding carboxylic acids is 1. The number of nitrogens with zero attached hydrogens (tertiary/aromatic N) is 3. The van der Waals surface area contributed by atoms with E-state index in [0.29, 0.717) is 41.9 Å². The Hall–Kier alpha value is -4.66. The second-order valence-corrected chi connectivity index (χ2v) is 12.2. The van der Waals surface area contributed by atoms with Crippen LogP contribution in [0.25, 0.3) is 0 Å². The lowest BCUT2D eigenvalue weighted by atomic mass is 9.86. The number of likely N-dealkylation sites (tertiary alicyclic amines) is 1. The summed E-state index contributed by atoms with van der Waals surface area (Å²) in [6.45, 7) is 5.28. The van der Waals surface area contributed by atoms with Gasteiger partial charge in [0.15, 0.2) is 0 Å². The van der Waals surface area contributed by atoms with Gasteiger partial charge in [0.2, 0.25) is 11.8 Å². The molecule has 1 unspecified atom stereocenters. The van der Waals surface area contributed by atoms with E-state index in [1.807, 2.05) is 84.7 Å². The monoisotopic (exact) mass is 615 g/mol. The molecule has 9 heteroatoms. The molecular formula is C36H39F2N3O4. The van der Waals surface area contributed by atoms with Crippen molar-refractivity contribution in [2.24, 2.45) is 0 Å². The van der Waals surface area contributed by atoms with E-state index in [2.05, 4.69) is 4.98 Å². The Morgan fingerprint density at radius 1 is 0.911 bits per heavy atom. The number of hydrogen-bond donors (Lipinski definition) is 0. The number of amides is 1. The van der Waals surface area contributed by atoms with Crippen LogP contribution in [0.4, 0.5) is 25.0 Å². The van der Waals surface area contributed by atoms with Crippen LogP contribution in [0.2, 0.25) is 0 Å². The maximum absolute atomic E-state index is 15.5. The Morgan fingerprint density at radius 2 is 1.56 bits per heavy atom. The number of aromatic nitrogens is 1. The number of carbonyl (C=O) groups is 1. The number of anilines is 2. The maximum Gasteiger partial charge on any atom is 0.410 e. The van der Waals surface area contributed by atoms with Gasteiger partial charge in [0.1, 0.15) is 24.5 Å². The lowest BCUT2D eigenvalue weighted by Gasteiger charge is -2.39. The number of halogens is 2. The predicted octanol–water partition coefficient (Wildman–Crippen LogP) is 8.37. The highest BCUT2D eigenvalue weighted by atomic mass is 19.3. The summed E-state index contributed by atoms with van der Waals surface area (Å²) in [5.41, 5.74) is 3.08. The van der Waals surface area contributed by atoms with Crippen LogP contribution in [0.15, 0.2) is 97.1 Å². The Kier molecular flexibility index (Phi) is 9.56. The number of rotatable bonds is 9. The molecule has 1 aliphatic rings. The Bertz CT molecular complexity index is 1580. The molecule has 2 heterocycles. The van der Waals surface area contributed by atoms with Gasteiger partial charge in [-0.15, -0.1) is 0 Å². The third kappa shape index (κ3) is 8.29. The van der Waals surface area contributed by atoms with Gasteiger partial charge in [-0.05, 0) is 62.1 Å². The van der Waals surface area contributed by atoms with E-state index in [1.165, 1.54) is 0 Å². The molecule has 7 nitrogen and oxygen atoms in total. The number of benzene rings is 3. The minimum Gasteiger partial charge on any atom is -0.473 e. The van der Waals surface area contributed by atoms with Gasteiger partial charge in [0, 0.05) is 25.3 Å². The van der Waals surface area contributed by atoms with E-state index >= 15 is 8.78 Å². The van der Waals surface area contributed by atoms with Crippen LogP contribution < -0.4 is 14.4 Å². The van der Waals surface area contributed by atoms with Gasteiger partial charge in [0.25, 0.3) is 5.92 Å². The summed E-state index contributed by atoms with van der Waals surface area (Å²) in [5, 5.41) is 0. The molecule has 0 bridgehead atoms. The molecular weight excluding hydrogens is 576 g/mol. The molecule has 1 atom stereocenters. The first-order chi connectivity index (χ1) is 21.5. The number of pyridine rings is 1. The number of ether oxygens (including phenoxy) is 3. The summed E-state index contributed by atoms with van der Waals surface area (Å²) in [7, 11) is 1.85. The predicted molar refractivity (Wildman–Crippen MR) is 170 cm³/mol. The van der Waals surface area contributed by atoms with Crippen molar-refractivity contribution in [3.8, 4) is 11.8 Å². The topological polar surface area (TPSA) is 64.1 Å². The zero-order valence-electron chi connectivity index (χ0n) is 26.1. The second kappa shape index (κ2) is 13.5. The highest BCUT2D eigenvalue weighted by Gasteiger charge is 2.47. The lowest BCUT2D eigenvalue weighted by Crippen LogP contribution is -2.50. The molecule has 1 amide bonds. The van der Waals surface area contributed by atoms with Crippen molar-refractivity contribution in [3.05, 3.63) is 114 Å². The molecule has 0 aliphatic carbocycles. The van der Waals surface area contributed by atoms with Crippen LogP contribution in [0.5, 0.6) is 11.8 Å². The Labute approximate surface area is 263 Å². The third-order valence-electron chi connectivity index (χ3n) is 7.53. The first-order valence-corrected chi connectivity index (χ1v) is 15.0. The fourth-order valence-corrected chi connectivity index (χ4v) is 5.24. The van der Waals surface area contributed by atoms with Crippen LogP contribution in [0.1, 0.15) is 49.8 Å². The fraction of sp³-hybridized carbons (Fsp3) is 0.333. The van der Waals surface area contributed by atoms with Crippen LogP contribution >= 0.6 is 0 Å². The molecule has 1 fully saturated rings. The number of hydrogen-bond acceptors (Lipinski definition) is 6. The van der Waals surface area contributed by atoms with Gasteiger partial charge in [0.05, 0.1) is 12.5 Å². The van der Waals surface area contributed by atoms with Crippen molar-refractivity contribution in [1.82, 2.24) is 9.88 Å². The van der Waals surface area contributed by atoms with Crippen molar-refractivity contribution in [1.29, 1.82) is 0 Å². The summed E-state index contributed by atoms with van der Waals surface area (Å²) in [4.78, 5) is 20.1. The van der Waals surface area contributed by atoms with Crippen LogP contribution in [0, 0.1) is 0 Å². The highest BCUT2D eigenvalue weighted by molar-refractivity contribution is 5.69. The van der Waals surface area contributed by atoms with Crippen LogP contribution in [0.3, 0.4) is 0 Å². The minimum atomic E-state index is -3.13. The van der Waals surface area contributed by atoms with E-state index in [-0.39, 0.29) is 13.0 Å². The quantitative estimate of drug-likeness (QED) is 0.189. The molecule has 0 spiro atoms. The molecule has 3 aromatic carbocycles. The van der Waals surface area contributed by atoms with Crippen molar-refractivity contribution in [2.75, 3.05) is 25.0 Å². The van der Waals surface area contributed by atoms with Crippen molar-refractivity contribution in [3.63, 3.8) is 0 Å². The van der Waals surface area contributed by atoms with Crippen molar-refractivity contribution in [2.45, 2.75) is 57.8 Å². The largest absolute Gasteiger partial charge is 0.473 e. The van der Waals surface area contributed by atoms with E-state index in [9.17, 15) is 4.79 Å². The van der Waals surface area contributed by atoms with Crippen molar-refractivity contribution >= 4 is 17.5 Å². The zero-order valence-corrected chi connectivity index (χ0v) is 26.1. The summed E-state index contributed by atoms with van der Waals surface area (Å²) < 4.78 is 48.5. The summed E-state index contributed by atoms with van der Waals surface area (Å²) in [5.74, 6) is -3.42. The number of alkyl halides is 2. The van der Waals surface area contributed by atoms with Gasteiger partial charge in [-0.3, -0.25) is 0 Å². The van der Waals surface area contributed by atoms with E-state index in [1.54, 1.807) is 45.0 Å². The molecule has 1 aromatic heterocycles. The van der Waals surface area contributed by atoms with Crippen molar-refractivity contribution < 1.29 is 27.8 Å². The van der Waals surface area contributed by atoms with E-state index in [0.717, 1.165) is 16.0 Å². The van der Waals surface area contributed by atoms with E-state index < -0.39 is 30.1 Å². The normalized spacial score (nSPS) is 16.1. The Morgan fingerprint density at radius 3 is 2.18 bits per heavy atom. The van der Waals surface area contributed by atoms with E-state index in [4.69, 9.17) is 14.2 Å². The van der Waals surface area contributed by atoms with Gasteiger partial charge in [-0.25, -0.2) is 13.6 Å². The third-order valence-corrected chi connectivity index (χ3v) is 7.53. The van der Waals surface area contributed by atoms with Crippen LogP contribution in [-0.2, 0) is 18.0 Å². The average Bonchev–Trinajstić information content (AvgIpc) is 3.02. The van der Waals surface area contributed by atoms with Gasteiger partial charge in [-0.2, -0.15) is 4.98 Å². The second-order valence-electron chi connectivity index (χ2n) is 12.2. The van der Waals surface area contributed by atoms with Gasteiger partial charge in [-0.1, -0.05) is 72.8 Å². The molecule has 0 saturated carbocycles. The zero-order chi connectivity index (χ0) is 32.0. The first-order valence-electron chi connectivity index (χ1n) is 15.0. The summed E-state index contributed by atoms with van der Waals surface area (Å²) in [6.07, 6.45) is -0.610. The standard InChI is InChI=1S/C36H39F2N3O4/c1-35(2,3)45-34(42)41-21-20-30(36(37,38)25-41)28-16-11-17-29(22-28)40(4)31-18-19-32(43-23-26-12-7-5-8-13-26)39-33(31)44-24-27-14-9-6-10-15-27/h5-19,22,30H,20-21,23-25H2,1-4H3. The maximum atomic E-state index is 15.5. The Balaban J connectivity index is 1.36. The smallest absolute Gasteiger partial charge is 0.410 e. The number of piperidine rings is 1. The van der Waals surface area contributed by atoms with Gasteiger partial charge >= 0.3 is 6.09 Å². The fourth-order valence-electron chi connectivity index (χ4n) is 5.24. The molecule has 0 radical (unpaired) electrons. The molecule has 4 aromatic rings. The molecule has 0 N–H and O–H groups in total. The van der Waals surface area contributed by atoms with Crippen LogP contribution in [-0.4, -0.2) is 47.6 Å². The molecule has 1 saturated heterocycles. The van der Waals surface area contributed by atoms with Gasteiger partial charge < -0.3 is 24.0 Å². The molecule has 45 heavy (non-hydrogen) atoms. The minimum absolute atomic E-state index is 0.111. The summed E-state index contributed by atoms with van der Waals surface area (Å²) in [6, 6.07) is 30.3. The first kappa shape index (κ1) is 31.8.